The van der Waals surface area contributed by atoms with E-state index in [2.05, 4.69) is 29.6 Å². The fourth-order valence-corrected chi connectivity index (χ4v) is 3.21. The smallest absolute Gasteiger partial charge is 0.0876 e. The van der Waals surface area contributed by atoms with Crippen molar-refractivity contribution in [2.75, 3.05) is 11.1 Å². The molecule has 0 unspecified atom stereocenters. The molecule has 0 saturated carbocycles. The Morgan fingerprint density at radius 3 is 2.56 bits per heavy atom. The van der Waals surface area contributed by atoms with Gasteiger partial charge in [0.25, 0.3) is 0 Å². The highest BCUT2D eigenvalue weighted by molar-refractivity contribution is 7.99. The van der Waals surface area contributed by atoms with Crippen LogP contribution in [0, 0.1) is 0 Å². The number of aliphatic hydroxyl groups excluding tert-OH is 1. The second-order valence-electron chi connectivity index (χ2n) is 4.41. The average Bonchev–Trinajstić information content (AvgIpc) is 2.60. The van der Waals surface area contributed by atoms with Crippen LogP contribution in [0.3, 0.4) is 0 Å². The zero-order valence-electron chi connectivity index (χ0n) is 9.91. The van der Waals surface area contributed by atoms with Crippen molar-refractivity contribution in [1.29, 1.82) is 0 Å². The Kier molecular flexibility index (Phi) is 3.26. The van der Waals surface area contributed by atoms with Crippen LogP contribution in [0.4, 0.5) is 5.69 Å². The average molecular weight is 257 g/mol. The van der Waals surface area contributed by atoms with Gasteiger partial charge >= 0.3 is 0 Å². The van der Waals surface area contributed by atoms with E-state index in [0.717, 1.165) is 11.3 Å². The number of aliphatic hydroxyl groups is 1. The third kappa shape index (κ3) is 2.24. The zero-order valence-corrected chi connectivity index (χ0v) is 10.7. The first-order valence-electron chi connectivity index (χ1n) is 6.06. The molecule has 0 aromatic heterocycles. The lowest BCUT2D eigenvalue weighted by molar-refractivity contribution is 0.177. The van der Waals surface area contributed by atoms with Gasteiger partial charge in [-0.2, -0.15) is 0 Å². The molecule has 3 heteroatoms. The third-order valence-electron chi connectivity index (χ3n) is 3.15. The van der Waals surface area contributed by atoms with Crippen molar-refractivity contribution >= 4 is 17.4 Å². The number of nitrogens with one attached hydrogen (secondary N) is 1. The molecule has 1 aliphatic heterocycles. The molecule has 0 spiro atoms. The number of hydrogen-bond donors (Lipinski definition) is 2. The zero-order chi connectivity index (χ0) is 12.4. The van der Waals surface area contributed by atoms with Gasteiger partial charge in [0, 0.05) is 16.3 Å². The second-order valence-corrected chi connectivity index (χ2v) is 5.47. The van der Waals surface area contributed by atoms with E-state index in [0.29, 0.717) is 5.75 Å². The molecular weight excluding hydrogens is 242 g/mol. The maximum atomic E-state index is 10.3. The molecule has 0 radical (unpaired) electrons. The van der Waals surface area contributed by atoms with E-state index in [9.17, 15) is 5.11 Å². The number of para-hydroxylation sites is 1. The van der Waals surface area contributed by atoms with Crippen LogP contribution in [0.25, 0.3) is 0 Å². The lowest BCUT2D eigenvalue weighted by atomic mass is 10.0. The highest BCUT2D eigenvalue weighted by Crippen LogP contribution is 2.36. The highest BCUT2D eigenvalue weighted by Gasteiger charge is 2.25. The Labute approximate surface area is 111 Å². The van der Waals surface area contributed by atoms with Crippen LogP contribution in [0.1, 0.15) is 11.6 Å². The Morgan fingerprint density at radius 2 is 1.72 bits per heavy atom. The van der Waals surface area contributed by atoms with Gasteiger partial charge in [-0.1, -0.05) is 42.5 Å². The highest BCUT2D eigenvalue weighted by atomic mass is 32.2. The minimum Gasteiger partial charge on any atom is -0.390 e. The fourth-order valence-electron chi connectivity index (χ4n) is 2.21. The normalized spacial score (nSPS) is 22.7. The quantitative estimate of drug-likeness (QED) is 0.822. The summed E-state index contributed by atoms with van der Waals surface area (Å²) in [4.78, 5) is 1.20. The molecule has 18 heavy (non-hydrogen) atoms. The van der Waals surface area contributed by atoms with Crippen molar-refractivity contribution in [3.05, 3.63) is 60.2 Å². The van der Waals surface area contributed by atoms with E-state index in [1.165, 1.54) is 4.90 Å². The number of benzene rings is 2. The number of hydrogen-bond acceptors (Lipinski definition) is 3. The summed E-state index contributed by atoms with van der Waals surface area (Å²) in [6, 6.07) is 18.3. The van der Waals surface area contributed by atoms with Crippen molar-refractivity contribution in [2.45, 2.75) is 17.0 Å². The molecule has 0 fully saturated rings. The summed E-state index contributed by atoms with van der Waals surface area (Å²) in [5.41, 5.74) is 2.23. The van der Waals surface area contributed by atoms with E-state index in [1.54, 1.807) is 11.8 Å². The monoisotopic (exact) mass is 257 g/mol. The first-order valence-corrected chi connectivity index (χ1v) is 7.04. The van der Waals surface area contributed by atoms with E-state index in [-0.39, 0.29) is 12.1 Å². The van der Waals surface area contributed by atoms with Crippen LogP contribution >= 0.6 is 11.8 Å². The number of fused-ring (bicyclic) bond motifs is 1. The van der Waals surface area contributed by atoms with Crippen LogP contribution in [-0.2, 0) is 0 Å². The molecule has 1 heterocycles. The SMILES string of the molecule is O[C@H]1CSc2ccccc2N[C@H]1c1ccccc1. The predicted molar refractivity (Wildman–Crippen MR) is 76.0 cm³/mol. The number of anilines is 1. The van der Waals surface area contributed by atoms with E-state index >= 15 is 0 Å². The molecule has 2 atom stereocenters. The maximum absolute atomic E-state index is 10.3. The number of thioether (sulfide) groups is 1. The summed E-state index contributed by atoms with van der Waals surface area (Å²) < 4.78 is 0. The second kappa shape index (κ2) is 5.04. The van der Waals surface area contributed by atoms with Gasteiger partial charge in [0.2, 0.25) is 0 Å². The molecule has 0 saturated heterocycles. The molecule has 2 nitrogen and oxygen atoms in total. The maximum Gasteiger partial charge on any atom is 0.0876 e. The van der Waals surface area contributed by atoms with Crippen molar-refractivity contribution in [1.82, 2.24) is 0 Å². The summed E-state index contributed by atoms with van der Waals surface area (Å²) in [6.45, 7) is 0. The van der Waals surface area contributed by atoms with E-state index in [4.69, 9.17) is 0 Å². The minimum atomic E-state index is -0.384. The molecule has 92 valence electrons. The fraction of sp³-hybridized carbons (Fsp3) is 0.200. The van der Waals surface area contributed by atoms with Crippen molar-refractivity contribution in [3.63, 3.8) is 0 Å². The lowest BCUT2D eigenvalue weighted by Gasteiger charge is -2.22. The summed E-state index contributed by atoms with van der Waals surface area (Å²) in [5, 5.41) is 13.7. The Balaban J connectivity index is 1.96. The van der Waals surface area contributed by atoms with Crippen molar-refractivity contribution in [3.8, 4) is 0 Å². The van der Waals surface area contributed by atoms with Crippen molar-refractivity contribution in [2.24, 2.45) is 0 Å². The molecule has 0 bridgehead atoms. The van der Waals surface area contributed by atoms with Gasteiger partial charge in [-0.25, -0.2) is 0 Å². The minimum absolute atomic E-state index is 0.0395. The first-order chi connectivity index (χ1) is 8.84. The van der Waals surface area contributed by atoms with Crippen LogP contribution in [-0.4, -0.2) is 17.0 Å². The van der Waals surface area contributed by atoms with Gasteiger partial charge in [-0.05, 0) is 17.7 Å². The van der Waals surface area contributed by atoms with Crippen LogP contribution in [0.15, 0.2) is 59.5 Å². The Morgan fingerprint density at radius 1 is 1.00 bits per heavy atom. The van der Waals surface area contributed by atoms with Crippen LogP contribution in [0.2, 0.25) is 0 Å². The predicted octanol–water partition coefficient (Wildman–Crippen LogP) is 3.31. The summed E-state index contributed by atoms with van der Waals surface area (Å²) in [5.74, 6) is 0.712. The molecule has 3 rings (SSSR count). The first kappa shape index (κ1) is 11.6. The standard InChI is InChI=1S/C15H15NOS/c17-13-10-18-14-9-5-4-8-12(14)16-15(13)11-6-2-1-3-7-11/h1-9,13,15-17H,10H2/t13-,15-/m0/s1. The lowest BCUT2D eigenvalue weighted by Crippen LogP contribution is -2.26. The summed E-state index contributed by atoms with van der Waals surface area (Å²) in [6.07, 6.45) is -0.384. The number of rotatable bonds is 1. The molecule has 2 aromatic rings. The van der Waals surface area contributed by atoms with E-state index in [1.807, 2.05) is 30.3 Å². The Hall–Kier alpha value is -1.45. The van der Waals surface area contributed by atoms with Gasteiger partial charge in [-0.3, -0.25) is 0 Å². The van der Waals surface area contributed by atoms with Gasteiger partial charge in [0.1, 0.15) is 0 Å². The molecule has 0 amide bonds. The van der Waals surface area contributed by atoms with Crippen LogP contribution < -0.4 is 5.32 Å². The summed E-state index contributed by atoms with van der Waals surface area (Å²) >= 11 is 1.70. The topological polar surface area (TPSA) is 32.3 Å². The van der Waals surface area contributed by atoms with Gasteiger partial charge < -0.3 is 10.4 Å². The third-order valence-corrected chi connectivity index (χ3v) is 4.33. The molecular formula is C15H15NOS. The molecule has 1 aliphatic rings. The van der Waals surface area contributed by atoms with Gasteiger partial charge in [0.05, 0.1) is 12.1 Å². The van der Waals surface area contributed by atoms with E-state index < -0.39 is 0 Å². The molecule has 0 aliphatic carbocycles. The Bertz CT molecular complexity index is 529. The molecule has 2 N–H and O–H groups in total. The molecule has 2 aromatic carbocycles. The van der Waals surface area contributed by atoms with Crippen LogP contribution in [0.5, 0.6) is 0 Å². The largest absolute Gasteiger partial charge is 0.390 e. The van der Waals surface area contributed by atoms with Gasteiger partial charge in [-0.15, -0.1) is 11.8 Å². The van der Waals surface area contributed by atoms with Gasteiger partial charge in [0.15, 0.2) is 0 Å². The summed E-state index contributed by atoms with van der Waals surface area (Å²) in [7, 11) is 0. The van der Waals surface area contributed by atoms with Crippen molar-refractivity contribution < 1.29 is 5.11 Å².